The van der Waals surface area contributed by atoms with E-state index < -0.39 is 11.6 Å². The number of urea groups is 1. The first-order valence-electron chi connectivity index (χ1n) is 11.7. The molecule has 8 heteroatoms. The zero-order chi connectivity index (χ0) is 24.2. The van der Waals surface area contributed by atoms with Crippen molar-refractivity contribution < 1.29 is 13.6 Å². The molecule has 5 rings (SSSR count). The molecular formula is C27H27F2N5O. The van der Waals surface area contributed by atoms with Crippen molar-refractivity contribution in [3.63, 3.8) is 0 Å². The largest absolute Gasteiger partial charge is 0.371 e. The number of anilines is 1. The second kappa shape index (κ2) is 10.1. The van der Waals surface area contributed by atoms with Crippen LogP contribution in [0.2, 0.25) is 0 Å². The summed E-state index contributed by atoms with van der Waals surface area (Å²) in [4.78, 5) is 18.7. The Kier molecular flexibility index (Phi) is 6.61. The standard InChI is InChI=1S/C27H27F2N5O/c28-23-10-9-22(13-24(23)29)33-12-11-21(17-33)15-31-27(35)30-14-19-5-7-20(8-6-19)16-34-18-32-25-3-1-2-4-26(25)34/h1-10,13,18,21H,11-12,14-17H2,(H2,30,31,35). The molecule has 0 saturated carbocycles. The maximum absolute atomic E-state index is 13.5. The Bertz CT molecular complexity index is 1320. The highest BCUT2D eigenvalue weighted by Crippen LogP contribution is 2.25. The first-order valence-corrected chi connectivity index (χ1v) is 11.7. The lowest BCUT2D eigenvalue weighted by Gasteiger charge is -2.19. The number of nitrogens with zero attached hydrogens (tertiary/aromatic N) is 3. The van der Waals surface area contributed by atoms with E-state index >= 15 is 0 Å². The van der Waals surface area contributed by atoms with Gasteiger partial charge in [-0.1, -0.05) is 36.4 Å². The molecule has 2 heterocycles. The fourth-order valence-electron chi connectivity index (χ4n) is 4.49. The smallest absolute Gasteiger partial charge is 0.315 e. The van der Waals surface area contributed by atoms with Crippen LogP contribution in [-0.4, -0.2) is 35.2 Å². The number of fused-ring (bicyclic) bond motifs is 1. The molecule has 1 aliphatic rings. The molecule has 4 aromatic rings. The van der Waals surface area contributed by atoms with Crippen molar-refractivity contribution >= 4 is 22.8 Å². The maximum Gasteiger partial charge on any atom is 0.315 e. The van der Waals surface area contributed by atoms with Crippen LogP contribution in [-0.2, 0) is 13.1 Å². The van der Waals surface area contributed by atoms with E-state index in [1.807, 2.05) is 41.6 Å². The fourth-order valence-corrected chi connectivity index (χ4v) is 4.49. The number of imidazole rings is 1. The third kappa shape index (κ3) is 5.42. The number of rotatable bonds is 7. The van der Waals surface area contributed by atoms with E-state index in [4.69, 9.17) is 0 Å². The van der Waals surface area contributed by atoms with Gasteiger partial charge in [0.05, 0.1) is 17.4 Å². The molecule has 2 amide bonds. The Labute approximate surface area is 202 Å². The summed E-state index contributed by atoms with van der Waals surface area (Å²) in [6.45, 7) is 3.15. The molecule has 1 fully saturated rings. The van der Waals surface area contributed by atoms with Crippen LogP contribution >= 0.6 is 0 Å². The zero-order valence-electron chi connectivity index (χ0n) is 19.3. The predicted octanol–water partition coefficient (Wildman–Crippen LogP) is 4.69. The summed E-state index contributed by atoms with van der Waals surface area (Å²) in [5, 5.41) is 5.82. The number of hydrogen-bond donors (Lipinski definition) is 2. The molecule has 2 N–H and O–H groups in total. The first kappa shape index (κ1) is 22.8. The monoisotopic (exact) mass is 475 g/mol. The van der Waals surface area contributed by atoms with Gasteiger partial charge in [-0.2, -0.15) is 0 Å². The molecule has 1 atom stereocenters. The number of amides is 2. The Morgan fingerprint density at radius 1 is 0.971 bits per heavy atom. The van der Waals surface area contributed by atoms with E-state index in [-0.39, 0.29) is 11.9 Å². The van der Waals surface area contributed by atoms with Gasteiger partial charge in [-0.3, -0.25) is 0 Å². The molecule has 0 aliphatic carbocycles. The lowest BCUT2D eigenvalue weighted by Crippen LogP contribution is -2.38. The van der Waals surface area contributed by atoms with Crippen molar-refractivity contribution in [2.24, 2.45) is 5.92 Å². The number of nitrogens with one attached hydrogen (secondary N) is 2. The first-order chi connectivity index (χ1) is 17.0. The highest BCUT2D eigenvalue weighted by atomic mass is 19.2. The van der Waals surface area contributed by atoms with Crippen LogP contribution in [0, 0.1) is 17.6 Å². The average molecular weight is 476 g/mol. The van der Waals surface area contributed by atoms with Gasteiger partial charge in [-0.25, -0.2) is 18.6 Å². The zero-order valence-corrected chi connectivity index (χ0v) is 19.3. The van der Waals surface area contributed by atoms with Gasteiger partial charge in [0.1, 0.15) is 0 Å². The Morgan fingerprint density at radius 3 is 2.60 bits per heavy atom. The summed E-state index contributed by atoms with van der Waals surface area (Å²) in [6.07, 6.45) is 2.74. The molecule has 0 radical (unpaired) electrons. The minimum atomic E-state index is -0.843. The van der Waals surface area contributed by atoms with E-state index in [1.165, 1.54) is 6.07 Å². The molecule has 0 spiro atoms. The predicted molar refractivity (Wildman–Crippen MR) is 132 cm³/mol. The molecule has 1 saturated heterocycles. The summed E-state index contributed by atoms with van der Waals surface area (Å²) in [5.41, 5.74) is 4.93. The van der Waals surface area contributed by atoms with Crippen LogP contribution in [0.5, 0.6) is 0 Å². The average Bonchev–Trinajstić information content (AvgIpc) is 3.52. The number of carbonyl (C=O) groups excluding carboxylic acids is 1. The molecule has 3 aromatic carbocycles. The van der Waals surface area contributed by atoms with Crippen molar-refractivity contribution in [2.75, 3.05) is 24.5 Å². The number of aromatic nitrogens is 2. The SMILES string of the molecule is O=C(NCc1ccc(Cn2cnc3ccccc32)cc1)NCC1CCN(c2ccc(F)c(F)c2)C1. The van der Waals surface area contributed by atoms with Gasteiger partial charge in [0, 0.05) is 44.5 Å². The van der Waals surface area contributed by atoms with Gasteiger partial charge >= 0.3 is 6.03 Å². The molecule has 1 aromatic heterocycles. The topological polar surface area (TPSA) is 62.2 Å². The Morgan fingerprint density at radius 2 is 1.77 bits per heavy atom. The third-order valence-electron chi connectivity index (χ3n) is 6.46. The van der Waals surface area contributed by atoms with E-state index in [9.17, 15) is 13.6 Å². The molecule has 0 bridgehead atoms. The minimum Gasteiger partial charge on any atom is -0.371 e. The normalized spacial score (nSPS) is 15.5. The number of hydrogen-bond acceptors (Lipinski definition) is 3. The highest BCUT2D eigenvalue weighted by molar-refractivity contribution is 5.75. The van der Waals surface area contributed by atoms with E-state index in [0.29, 0.717) is 25.3 Å². The summed E-state index contributed by atoms with van der Waals surface area (Å²) >= 11 is 0. The molecule has 180 valence electrons. The summed E-state index contributed by atoms with van der Waals surface area (Å²) in [7, 11) is 0. The van der Waals surface area contributed by atoms with Crippen LogP contribution < -0.4 is 15.5 Å². The van der Waals surface area contributed by atoms with Crippen LogP contribution in [0.15, 0.2) is 73.1 Å². The van der Waals surface area contributed by atoms with Crippen molar-refractivity contribution in [1.82, 2.24) is 20.2 Å². The number of para-hydroxylation sites is 2. The van der Waals surface area contributed by atoms with Crippen LogP contribution in [0.25, 0.3) is 11.0 Å². The summed E-state index contributed by atoms with van der Waals surface area (Å²) in [6, 6.07) is 20.0. The van der Waals surface area contributed by atoms with Crippen LogP contribution in [0.4, 0.5) is 19.3 Å². The lowest BCUT2D eigenvalue weighted by molar-refractivity contribution is 0.239. The van der Waals surface area contributed by atoms with Crippen molar-refractivity contribution in [3.8, 4) is 0 Å². The second-order valence-corrected chi connectivity index (χ2v) is 8.94. The van der Waals surface area contributed by atoms with Crippen molar-refractivity contribution in [2.45, 2.75) is 19.5 Å². The summed E-state index contributed by atoms with van der Waals surface area (Å²) < 4.78 is 28.8. The molecular weight excluding hydrogens is 448 g/mol. The van der Waals surface area contributed by atoms with Crippen molar-refractivity contribution in [1.29, 1.82) is 0 Å². The second-order valence-electron chi connectivity index (χ2n) is 8.94. The van der Waals surface area contributed by atoms with Gasteiger partial charge in [0.2, 0.25) is 0 Å². The van der Waals surface area contributed by atoms with Crippen LogP contribution in [0.1, 0.15) is 17.5 Å². The molecule has 6 nitrogen and oxygen atoms in total. The highest BCUT2D eigenvalue weighted by Gasteiger charge is 2.23. The van der Waals surface area contributed by atoms with E-state index in [0.717, 1.165) is 47.7 Å². The van der Waals surface area contributed by atoms with E-state index in [2.05, 4.69) is 38.4 Å². The third-order valence-corrected chi connectivity index (χ3v) is 6.46. The molecule has 1 aliphatic heterocycles. The number of halogens is 2. The van der Waals surface area contributed by atoms with Crippen LogP contribution in [0.3, 0.4) is 0 Å². The van der Waals surface area contributed by atoms with E-state index in [1.54, 1.807) is 6.07 Å². The number of benzene rings is 3. The summed E-state index contributed by atoms with van der Waals surface area (Å²) in [5.74, 6) is -1.43. The fraction of sp³-hybridized carbons (Fsp3) is 0.259. The van der Waals surface area contributed by atoms with Crippen molar-refractivity contribution in [3.05, 3.63) is 95.8 Å². The quantitative estimate of drug-likeness (QED) is 0.408. The van der Waals surface area contributed by atoms with Gasteiger partial charge < -0.3 is 20.1 Å². The van der Waals surface area contributed by atoms with Gasteiger partial charge in [-0.05, 0) is 47.7 Å². The number of carbonyl (C=O) groups is 1. The maximum atomic E-state index is 13.5. The Balaban J connectivity index is 1.06. The van der Waals surface area contributed by atoms with Gasteiger partial charge in [0.25, 0.3) is 0 Å². The minimum absolute atomic E-state index is 0.217. The molecule has 1 unspecified atom stereocenters. The molecule has 35 heavy (non-hydrogen) atoms. The Hall–Kier alpha value is -3.94. The lowest BCUT2D eigenvalue weighted by atomic mass is 10.1. The van der Waals surface area contributed by atoms with Gasteiger partial charge in [0.15, 0.2) is 11.6 Å². The van der Waals surface area contributed by atoms with Gasteiger partial charge in [-0.15, -0.1) is 0 Å².